The van der Waals surface area contributed by atoms with Crippen LogP contribution in [-0.4, -0.2) is 380 Å². The Morgan fingerprint density at radius 1 is 0.143 bits per heavy atom. The second kappa shape index (κ2) is 24.6. The monoisotopic (exact) mass is 1220 g/mol. The van der Waals surface area contributed by atoms with E-state index >= 15 is 0 Å². The van der Waals surface area contributed by atoms with Crippen LogP contribution in [0.15, 0.2) is 0 Å². The summed E-state index contributed by atoms with van der Waals surface area (Å²) in [4.78, 5) is 0. The third kappa shape index (κ3) is 11.1. The van der Waals surface area contributed by atoms with Crippen molar-refractivity contribution in [2.75, 3.05) is 52.9 Å². The average molecular weight is 1230 g/mol. The molecule has 22 rings (SSSR count). The molecule has 84 heavy (non-hydrogen) atoms. The molecule has 22 fully saturated rings. The third-order valence-electron chi connectivity index (χ3n) is 17.6. The predicted octanol–water partition coefficient (Wildman–Crippen LogP) is -13.2. The van der Waals surface area contributed by atoms with Gasteiger partial charge in [-0.1, -0.05) is 0 Å². The maximum atomic E-state index is 11.5. The Balaban J connectivity index is 0.735. The van der Waals surface area contributed by atoms with Crippen LogP contribution in [0.25, 0.3) is 0 Å². The Morgan fingerprint density at radius 3 is 0.500 bits per heavy atom. The number of aliphatic hydroxyl groups excluding tert-OH is 16. The Kier molecular flexibility index (Phi) is 18.0. The smallest absolute Gasteiger partial charge is 0.187 e. The lowest BCUT2D eigenvalue weighted by Crippen LogP contribution is -2.67. The molecule has 36 heteroatoms. The zero-order chi connectivity index (χ0) is 58.9. The van der Waals surface area contributed by atoms with Crippen LogP contribution >= 0.6 is 0 Å². The molecule has 0 aromatic rings. The van der Waals surface area contributed by atoms with Gasteiger partial charge in [-0.3, -0.25) is 0 Å². The molecular formula is C48H72O36. The second-order valence-electron chi connectivity index (χ2n) is 22.8. The molecule has 22 aliphatic heterocycles. The Bertz CT molecular complexity index is 2210. The van der Waals surface area contributed by atoms with E-state index in [-0.39, 0.29) is 0 Å². The number of rotatable bonds is 8. The summed E-state index contributed by atoms with van der Waals surface area (Å²) in [5.41, 5.74) is 0. The topological polar surface area (TPSA) is 521 Å². The molecule has 22 heterocycles. The van der Waals surface area contributed by atoms with Gasteiger partial charge in [0.2, 0.25) is 0 Å². The van der Waals surface area contributed by atoms with Gasteiger partial charge in [-0.15, -0.1) is 0 Å². The maximum absolute atomic E-state index is 11.5. The lowest BCUT2D eigenvalue weighted by molar-refractivity contribution is -0.387. The highest BCUT2D eigenvalue weighted by molar-refractivity contribution is 5.10. The number of hydrogen-bond donors (Lipinski definition) is 16. The molecule has 0 spiro atoms. The Morgan fingerprint density at radius 2 is 0.298 bits per heavy atom. The first kappa shape index (κ1) is 61.4. The first-order chi connectivity index (χ1) is 40.5. The second-order valence-corrected chi connectivity index (χ2v) is 22.8. The van der Waals surface area contributed by atoms with Gasteiger partial charge in [0, 0.05) is 0 Å². The van der Waals surface area contributed by atoms with E-state index in [1.165, 1.54) is 0 Å². The van der Waals surface area contributed by atoms with Gasteiger partial charge in [0.1, 0.15) is 195 Å². The van der Waals surface area contributed by atoms with E-state index in [9.17, 15) is 81.7 Å². The molecule has 36 nitrogen and oxygen atoms in total. The number of ether oxygens (including phenoxy) is 20. The fourth-order valence-electron chi connectivity index (χ4n) is 12.9. The summed E-state index contributed by atoms with van der Waals surface area (Å²) in [6.45, 7) is -6.32. The summed E-state index contributed by atoms with van der Waals surface area (Å²) in [6, 6.07) is 0. The van der Waals surface area contributed by atoms with Crippen molar-refractivity contribution in [1.82, 2.24) is 0 Å². The maximum Gasteiger partial charge on any atom is 0.187 e. The van der Waals surface area contributed by atoms with Crippen LogP contribution in [0.3, 0.4) is 0 Å². The Labute approximate surface area is 474 Å². The molecule has 40 atom stereocenters. The molecule has 0 saturated carbocycles. The number of epoxide rings is 4. The van der Waals surface area contributed by atoms with Crippen LogP contribution < -0.4 is 0 Å². The minimum absolute atomic E-state index is 0.676. The minimum Gasteiger partial charge on any atom is -0.394 e. The van der Waals surface area contributed by atoms with Gasteiger partial charge in [-0.2, -0.15) is 0 Å². The Hall–Kier alpha value is -1.44. The highest BCUT2D eigenvalue weighted by atomic mass is 16.8. The van der Waals surface area contributed by atoms with E-state index in [0.29, 0.717) is 0 Å². The highest BCUT2D eigenvalue weighted by Crippen LogP contribution is 2.49. The van der Waals surface area contributed by atoms with E-state index in [1.54, 1.807) is 0 Å². The van der Waals surface area contributed by atoms with E-state index in [1.807, 2.05) is 0 Å². The molecule has 0 aromatic carbocycles. The summed E-state index contributed by atoms with van der Waals surface area (Å²) in [6.07, 6.45) is -57.5. The summed E-state index contributed by atoms with van der Waals surface area (Å²) in [5.74, 6) is 0. The van der Waals surface area contributed by atoms with Crippen molar-refractivity contribution < 1.29 is 176 Å². The van der Waals surface area contributed by atoms with Crippen LogP contribution in [0.4, 0.5) is 0 Å². The van der Waals surface area contributed by atoms with Gasteiger partial charge < -0.3 is 176 Å². The van der Waals surface area contributed by atoms with Crippen LogP contribution in [0.1, 0.15) is 0 Å². The summed E-state index contributed by atoms with van der Waals surface area (Å²) >= 11 is 0. The van der Waals surface area contributed by atoms with Gasteiger partial charge in [0.05, 0.1) is 52.9 Å². The number of aliphatic hydroxyl groups is 16. The highest BCUT2D eigenvalue weighted by Gasteiger charge is 2.68. The van der Waals surface area contributed by atoms with Crippen LogP contribution in [0.5, 0.6) is 0 Å². The first-order valence-electron chi connectivity index (χ1n) is 28.0. The predicted molar refractivity (Wildman–Crippen MR) is 248 cm³/mol. The molecule has 16 N–H and O–H groups in total. The molecular weight excluding hydrogens is 1150 g/mol. The SMILES string of the molecule is OC[C@H]1O[C@@H]2O[C@H]3[C@H](O)[C@@H](O)[C@@H](O[C@H]4[C@@H]5O[C@H]5[C@@H](O[C@H]5[C@@H]6O[C@H]6[C@@H](O[C@H]6[C@H](O)[C@@H](O)[C@@H](O[C@H]7[C@@H]8O[C@H]8[C@@H](O[C@H]8[C@@H]9O[C@H]9[C@@H](O[C@H]9[C@H](O)[C@@H](O)[C@@H](O[C@H]1[C@H](O)[C@H]2O)O[C@@H]9CO)O[C@@H]8CO)O[C@@H]7CO)O[C@@H]6CO)O[C@@H]5CO)O[C@@H]4CO)O[C@@H]3CO. The molecule has 0 unspecified atom stereocenters. The molecule has 22 aliphatic rings. The fraction of sp³-hybridized carbons (Fsp3) is 1.00. The van der Waals surface area contributed by atoms with E-state index in [4.69, 9.17) is 94.7 Å². The summed E-state index contributed by atoms with van der Waals surface area (Å²) in [5, 5.41) is 175. The zero-order valence-electron chi connectivity index (χ0n) is 44.1. The van der Waals surface area contributed by atoms with Gasteiger partial charge in [-0.25, -0.2) is 0 Å². The fourth-order valence-corrected chi connectivity index (χ4v) is 12.9. The van der Waals surface area contributed by atoms with E-state index < -0.39 is 299 Å². The van der Waals surface area contributed by atoms with Crippen molar-refractivity contribution in [2.24, 2.45) is 0 Å². The molecule has 0 aliphatic carbocycles. The van der Waals surface area contributed by atoms with E-state index in [0.717, 1.165) is 0 Å². The summed E-state index contributed by atoms with van der Waals surface area (Å²) < 4.78 is 120. The van der Waals surface area contributed by atoms with Gasteiger partial charge in [0.25, 0.3) is 0 Å². The molecule has 480 valence electrons. The number of hydrogen-bond acceptors (Lipinski definition) is 36. The molecule has 16 bridgehead atoms. The van der Waals surface area contributed by atoms with Gasteiger partial charge in [-0.05, 0) is 0 Å². The summed E-state index contributed by atoms with van der Waals surface area (Å²) in [7, 11) is 0. The molecule has 22 saturated heterocycles. The van der Waals surface area contributed by atoms with Gasteiger partial charge in [0.15, 0.2) is 50.3 Å². The van der Waals surface area contributed by atoms with Crippen LogP contribution in [0.2, 0.25) is 0 Å². The van der Waals surface area contributed by atoms with Gasteiger partial charge >= 0.3 is 0 Å². The standard InChI is InChI=1S/C48H72O36/c49-1-9-25-17(57)21(61)41(65-9)78-26-10(2-50)67-43(23(63)18(26)58)81-29-13(5-53)71-47(39-33(29)73-39)84-32-16(8-56)70-46(38-36(32)76-38)80-28-12(4-52)68-44(24(64)20(28)60)82-30-14(6-54)72-48(40-34(30)74-40)83-31-15(7-55)69-45(37-35(31)75-37)79-27-11(3-51)66-42(77-25)22(62)19(27)59/h9-64H,1-8H2/t9-,10-,11-,12-,13-,14-,15-,16-,17-,18-,19-,20-,21-,22-,23-,24-,25-,26-,27-,28-,29-,30-,31-,32-,33+,34+,35+,36+,37-,38-,39-,40-,41-,42-,43-,44-,45-,46-,47-,48-/m1/s1. The lowest BCUT2D eigenvalue weighted by Gasteiger charge is -2.49. The van der Waals surface area contributed by atoms with Crippen LogP contribution in [-0.2, 0) is 94.7 Å². The van der Waals surface area contributed by atoms with Crippen molar-refractivity contribution in [3.05, 3.63) is 0 Å². The van der Waals surface area contributed by atoms with Crippen molar-refractivity contribution in [2.45, 2.75) is 246 Å². The quantitative estimate of drug-likeness (QED) is 0.100. The van der Waals surface area contributed by atoms with Crippen molar-refractivity contribution in [3.63, 3.8) is 0 Å². The average Bonchev–Trinajstić information content (AvgIpc) is 4.09. The van der Waals surface area contributed by atoms with E-state index in [2.05, 4.69) is 0 Å². The van der Waals surface area contributed by atoms with Crippen molar-refractivity contribution in [1.29, 1.82) is 0 Å². The minimum atomic E-state index is -2.10. The zero-order valence-corrected chi connectivity index (χ0v) is 44.1. The lowest BCUT2D eigenvalue weighted by atomic mass is 9.95. The molecule has 0 radical (unpaired) electrons. The first-order valence-corrected chi connectivity index (χ1v) is 28.0. The normalized spacial score (nSPS) is 58.9. The largest absolute Gasteiger partial charge is 0.394 e. The van der Waals surface area contributed by atoms with Crippen molar-refractivity contribution >= 4 is 0 Å². The third-order valence-corrected chi connectivity index (χ3v) is 17.6. The van der Waals surface area contributed by atoms with Crippen LogP contribution in [0, 0.1) is 0 Å². The molecule has 0 aromatic heterocycles. The molecule has 0 amide bonds. The van der Waals surface area contributed by atoms with Crippen molar-refractivity contribution in [3.8, 4) is 0 Å².